The Balaban J connectivity index is 1.49. The number of hydrogen-bond donors (Lipinski definition) is 1. The zero-order valence-electron chi connectivity index (χ0n) is 15.7. The molecule has 1 N–H and O–H groups in total. The van der Waals surface area contributed by atoms with E-state index in [9.17, 15) is 0 Å². The summed E-state index contributed by atoms with van der Waals surface area (Å²) in [5.74, 6) is 2.40. The zero-order valence-corrected chi connectivity index (χ0v) is 17.3. The molecule has 0 aliphatic heterocycles. The van der Waals surface area contributed by atoms with Crippen LogP contribution in [0.4, 0.5) is 5.13 Å². The molecule has 0 unspecified atom stereocenters. The fourth-order valence-electron chi connectivity index (χ4n) is 2.60. The molecule has 0 fully saturated rings. The van der Waals surface area contributed by atoms with E-state index in [2.05, 4.69) is 46.7 Å². The van der Waals surface area contributed by atoms with E-state index in [-0.39, 0.29) is 0 Å². The summed E-state index contributed by atoms with van der Waals surface area (Å²) in [7, 11) is 3.29. The molecule has 0 radical (unpaired) electrons. The van der Waals surface area contributed by atoms with Crippen LogP contribution in [-0.2, 0) is 12.2 Å². The molecule has 7 heteroatoms. The molecule has 0 atom stereocenters. The van der Waals surface area contributed by atoms with Gasteiger partial charge in [-0.25, -0.2) is 0 Å². The van der Waals surface area contributed by atoms with Gasteiger partial charge in [-0.3, -0.25) is 0 Å². The summed E-state index contributed by atoms with van der Waals surface area (Å²) in [6.45, 7) is 2.92. The first kappa shape index (κ1) is 19.5. The van der Waals surface area contributed by atoms with Gasteiger partial charge in [0.05, 0.1) is 14.2 Å². The van der Waals surface area contributed by atoms with Gasteiger partial charge in [0.2, 0.25) is 5.13 Å². The number of rotatable bonds is 9. The summed E-state index contributed by atoms with van der Waals surface area (Å²) < 4.78 is 11.6. The second-order valence-electron chi connectivity index (χ2n) is 5.95. The molecule has 0 saturated carbocycles. The SMILES string of the molecule is COc1ccc(CCNc2nnc(SCc3ccccc3C)s2)cc1OC. The maximum Gasteiger partial charge on any atom is 0.206 e. The summed E-state index contributed by atoms with van der Waals surface area (Å²) in [5.41, 5.74) is 3.82. The van der Waals surface area contributed by atoms with E-state index in [1.54, 1.807) is 37.3 Å². The van der Waals surface area contributed by atoms with Gasteiger partial charge in [0, 0.05) is 12.3 Å². The molecule has 2 aromatic carbocycles. The van der Waals surface area contributed by atoms with Crippen molar-refractivity contribution >= 4 is 28.2 Å². The topological polar surface area (TPSA) is 56.3 Å². The highest BCUT2D eigenvalue weighted by Gasteiger charge is 2.07. The normalized spacial score (nSPS) is 10.6. The van der Waals surface area contributed by atoms with Gasteiger partial charge in [-0.1, -0.05) is 53.4 Å². The number of methoxy groups -OCH3 is 2. The summed E-state index contributed by atoms with van der Waals surface area (Å²) in [6, 6.07) is 14.4. The van der Waals surface area contributed by atoms with E-state index in [4.69, 9.17) is 9.47 Å². The maximum atomic E-state index is 5.35. The number of nitrogens with one attached hydrogen (secondary N) is 1. The average molecular weight is 402 g/mol. The highest BCUT2D eigenvalue weighted by molar-refractivity contribution is 8.00. The monoisotopic (exact) mass is 401 g/mol. The lowest BCUT2D eigenvalue weighted by Gasteiger charge is -2.09. The van der Waals surface area contributed by atoms with Crippen LogP contribution in [0.15, 0.2) is 46.8 Å². The molecule has 5 nitrogen and oxygen atoms in total. The van der Waals surface area contributed by atoms with Crippen molar-refractivity contribution in [3.05, 3.63) is 59.2 Å². The largest absolute Gasteiger partial charge is 0.493 e. The van der Waals surface area contributed by atoms with Gasteiger partial charge < -0.3 is 14.8 Å². The van der Waals surface area contributed by atoms with Crippen molar-refractivity contribution in [1.29, 1.82) is 0 Å². The van der Waals surface area contributed by atoms with Crippen molar-refractivity contribution in [2.75, 3.05) is 26.1 Å². The lowest BCUT2D eigenvalue weighted by atomic mass is 10.1. The van der Waals surface area contributed by atoms with E-state index >= 15 is 0 Å². The van der Waals surface area contributed by atoms with Crippen LogP contribution < -0.4 is 14.8 Å². The molecule has 27 heavy (non-hydrogen) atoms. The van der Waals surface area contributed by atoms with E-state index in [1.807, 2.05) is 18.2 Å². The number of aromatic nitrogens is 2. The van der Waals surface area contributed by atoms with Crippen molar-refractivity contribution in [3.8, 4) is 11.5 Å². The highest BCUT2D eigenvalue weighted by Crippen LogP contribution is 2.30. The quantitative estimate of drug-likeness (QED) is 0.519. The van der Waals surface area contributed by atoms with Crippen LogP contribution in [-0.4, -0.2) is 31.0 Å². The summed E-state index contributed by atoms with van der Waals surface area (Å²) in [4.78, 5) is 0. The third-order valence-corrected chi connectivity index (χ3v) is 6.22. The molecule has 3 aromatic rings. The van der Waals surface area contributed by atoms with Crippen LogP contribution in [0.2, 0.25) is 0 Å². The van der Waals surface area contributed by atoms with Crippen LogP contribution in [0.25, 0.3) is 0 Å². The Hall–Kier alpha value is -2.25. The molecule has 3 rings (SSSR count). The maximum absolute atomic E-state index is 5.35. The van der Waals surface area contributed by atoms with E-state index in [0.29, 0.717) is 0 Å². The number of thioether (sulfide) groups is 1. The fourth-order valence-corrected chi connectivity index (χ4v) is 4.45. The Kier molecular flexibility index (Phi) is 6.95. The summed E-state index contributed by atoms with van der Waals surface area (Å²) in [6.07, 6.45) is 0.867. The summed E-state index contributed by atoms with van der Waals surface area (Å²) >= 11 is 3.31. The smallest absolute Gasteiger partial charge is 0.206 e. The highest BCUT2D eigenvalue weighted by atomic mass is 32.2. The van der Waals surface area contributed by atoms with Crippen molar-refractivity contribution in [1.82, 2.24) is 10.2 Å². The first-order chi connectivity index (χ1) is 13.2. The van der Waals surface area contributed by atoms with Gasteiger partial charge in [-0.15, -0.1) is 10.2 Å². The predicted molar refractivity (Wildman–Crippen MR) is 112 cm³/mol. The number of anilines is 1. The Bertz CT molecular complexity index is 883. The van der Waals surface area contributed by atoms with Crippen molar-refractivity contribution in [3.63, 3.8) is 0 Å². The molecule has 1 heterocycles. The third-order valence-electron chi connectivity index (χ3n) is 4.16. The number of benzene rings is 2. The Morgan fingerprint density at radius 1 is 1.04 bits per heavy atom. The van der Waals surface area contributed by atoms with E-state index < -0.39 is 0 Å². The molecule has 0 aliphatic carbocycles. The third kappa shape index (κ3) is 5.37. The first-order valence-corrected chi connectivity index (χ1v) is 10.5. The molecule has 0 aliphatic rings. The van der Waals surface area contributed by atoms with Crippen LogP contribution in [0.3, 0.4) is 0 Å². The Morgan fingerprint density at radius 2 is 1.85 bits per heavy atom. The molecular formula is C20H23N3O2S2. The molecule has 0 amide bonds. The standard InChI is InChI=1S/C20H23N3O2S2/c1-14-6-4-5-7-16(14)13-26-20-23-22-19(27-20)21-11-10-15-8-9-17(24-2)18(12-15)25-3/h4-9,12H,10-11,13H2,1-3H3,(H,21,22). The van der Waals surface area contributed by atoms with Crippen molar-refractivity contribution in [2.45, 2.75) is 23.4 Å². The van der Waals surface area contributed by atoms with Gasteiger partial charge in [0.25, 0.3) is 0 Å². The van der Waals surface area contributed by atoms with Gasteiger partial charge >= 0.3 is 0 Å². The zero-order chi connectivity index (χ0) is 19.1. The van der Waals surface area contributed by atoms with Crippen LogP contribution >= 0.6 is 23.1 Å². The number of aryl methyl sites for hydroxylation is 1. The van der Waals surface area contributed by atoms with Crippen molar-refractivity contribution in [2.24, 2.45) is 0 Å². The van der Waals surface area contributed by atoms with Crippen LogP contribution in [0.1, 0.15) is 16.7 Å². The van der Waals surface area contributed by atoms with Gasteiger partial charge in [0.15, 0.2) is 15.8 Å². The van der Waals surface area contributed by atoms with E-state index in [0.717, 1.165) is 39.7 Å². The van der Waals surface area contributed by atoms with Gasteiger partial charge in [-0.2, -0.15) is 0 Å². The number of nitrogens with zero attached hydrogens (tertiary/aromatic N) is 2. The van der Waals surface area contributed by atoms with E-state index in [1.165, 1.54) is 16.7 Å². The number of hydrogen-bond acceptors (Lipinski definition) is 7. The molecular weight excluding hydrogens is 378 g/mol. The van der Waals surface area contributed by atoms with Crippen molar-refractivity contribution < 1.29 is 9.47 Å². The molecule has 0 spiro atoms. The first-order valence-electron chi connectivity index (χ1n) is 8.65. The Labute approximate surface area is 168 Å². The molecule has 0 saturated heterocycles. The Morgan fingerprint density at radius 3 is 2.63 bits per heavy atom. The number of ether oxygens (including phenoxy) is 2. The van der Waals surface area contributed by atoms with Gasteiger partial charge in [0.1, 0.15) is 0 Å². The lowest BCUT2D eigenvalue weighted by Crippen LogP contribution is -2.04. The minimum atomic E-state index is 0.744. The average Bonchev–Trinajstić information content (AvgIpc) is 3.15. The fraction of sp³-hybridized carbons (Fsp3) is 0.300. The minimum absolute atomic E-state index is 0.744. The van der Waals surface area contributed by atoms with Gasteiger partial charge in [-0.05, 0) is 42.2 Å². The summed E-state index contributed by atoms with van der Waals surface area (Å²) in [5, 5.41) is 12.7. The second kappa shape index (κ2) is 9.62. The van der Waals surface area contributed by atoms with Crippen LogP contribution in [0, 0.1) is 6.92 Å². The molecule has 1 aromatic heterocycles. The second-order valence-corrected chi connectivity index (χ2v) is 8.15. The lowest BCUT2D eigenvalue weighted by molar-refractivity contribution is 0.354. The van der Waals surface area contributed by atoms with Crippen LogP contribution in [0.5, 0.6) is 11.5 Å². The molecule has 142 valence electrons. The molecule has 0 bridgehead atoms. The predicted octanol–water partition coefficient (Wildman–Crippen LogP) is 4.81. The minimum Gasteiger partial charge on any atom is -0.493 e.